The molecule has 0 saturated carbocycles. The maximum atomic E-state index is 13.7. The molecule has 1 aliphatic carbocycles. The fraction of sp³-hybridized carbons (Fsp3) is 0.333. The molecule has 0 bridgehead atoms. The van der Waals surface area contributed by atoms with Gasteiger partial charge < -0.3 is 10.2 Å². The number of fused-ring (bicyclic) bond motifs is 1. The van der Waals surface area contributed by atoms with Gasteiger partial charge in [0.05, 0.1) is 5.69 Å². The van der Waals surface area contributed by atoms with Crippen molar-refractivity contribution in [2.24, 2.45) is 5.92 Å². The molecule has 1 aromatic heterocycles. The molecule has 1 amide bonds. The van der Waals surface area contributed by atoms with Gasteiger partial charge in [-0.05, 0) is 68.0 Å². The molecule has 2 aliphatic rings. The van der Waals surface area contributed by atoms with Crippen LogP contribution in [0.1, 0.15) is 41.5 Å². The molecule has 5 nitrogen and oxygen atoms in total. The van der Waals surface area contributed by atoms with Crippen molar-refractivity contribution in [3.05, 3.63) is 71.1 Å². The SMILES string of the molecule is CC1CCN(c2ccc(NC(=O)c3nn(-c4ccc(F)c(F)c4)c4c3CCC4)cc2)C1. The van der Waals surface area contributed by atoms with Crippen molar-refractivity contribution in [3.8, 4) is 5.69 Å². The summed E-state index contributed by atoms with van der Waals surface area (Å²) >= 11 is 0. The third-order valence-corrected chi connectivity index (χ3v) is 6.21. The summed E-state index contributed by atoms with van der Waals surface area (Å²) in [4.78, 5) is 15.3. The Morgan fingerprint density at radius 2 is 1.84 bits per heavy atom. The van der Waals surface area contributed by atoms with Crippen LogP contribution >= 0.6 is 0 Å². The van der Waals surface area contributed by atoms with Gasteiger partial charge in [0.15, 0.2) is 17.3 Å². The van der Waals surface area contributed by atoms with Crippen LogP contribution in [0.2, 0.25) is 0 Å². The molecule has 7 heteroatoms. The minimum absolute atomic E-state index is 0.290. The zero-order chi connectivity index (χ0) is 21.5. The number of hydrogen-bond acceptors (Lipinski definition) is 3. The number of hydrogen-bond donors (Lipinski definition) is 1. The predicted octanol–water partition coefficient (Wildman–Crippen LogP) is 4.74. The number of carbonyl (C=O) groups excluding carboxylic acids is 1. The lowest BCUT2D eigenvalue weighted by Crippen LogP contribution is -2.19. The molecule has 1 unspecified atom stereocenters. The van der Waals surface area contributed by atoms with Gasteiger partial charge in [-0.3, -0.25) is 4.79 Å². The molecule has 1 atom stereocenters. The van der Waals surface area contributed by atoms with Gasteiger partial charge in [-0.2, -0.15) is 5.10 Å². The van der Waals surface area contributed by atoms with E-state index in [-0.39, 0.29) is 5.91 Å². The third-order valence-electron chi connectivity index (χ3n) is 6.21. The summed E-state index contributed by atoms with van der Waals surface area (Å²) in [7, 11) is 0. The summed E-state index contributed by atoms with van der Waals surface area (Å²) in [5, 5.41) is 7.40. The fourth-order valence-electron chi connectivity index (χ4n) is 4.57. The number of halogens is 2. The van der Waals surface area contributed by atoms with Gasteiger partial charge in [-0.1, -0.05) is 6.92 Å². The first-order chi connectivity index (χ1) is 15.0. The van der Waals surface area contributed by atoms with Gasteiger partial charge in [-0.25, -0.2) is 13.5 Å². The predicted molar refractivity (Wildman–Crippen MR) is 116 cm³/mol. The van der Waals surface area contributed by atoms with E-state index in [2.05, 4.69) is 22.2 Å². The smallest absolute Gasteiger partial charge is 0.276 e. The Balaban J connectivity index is 1.38. The van der Waals surface area contributed by atoms with Crippen molar-refractivity contribution in [2.75, 3.05) is 23.3 Å². The van der Waals surface area contributed by atoms with E-state index < -0.39 is 11.6 Å². The Bertz CT molecular complexity index is 1140. The highest BCUT2D eigenvalue weighted by atomic mass is 19.2. The summed E-state index contributed by atoms with van der Waals surface area (Å²) in [6, 6.07) is 11.5. The Morgan fingerprint density at radius 3 is 2.55 bits per heavy atom. The lowest BCUT2D eigenvalue weighted by atomic mass is 10.2. The van der Waals surface area contributed by atoms with Crippen LogP contribution in [0.5, 0.6) is 0 Å². The van der Waals surface area contributed by atoms with Gasteiger partial charge in [-0.15, -0.1) is 0 Å². The molecule has 1 fully saturated rings. The summed E-state index contributed by atoms with van der Waals surface area (Å²) in [5.74, 6) is -1.43. The van der Waals surface area contributed by atoms with Crippen LogP contribution < -0.4 is 10.2 Å². The highest BCUT2D eigenvalue weighted by Gasteiger charge is 2.27. The molecule has 5 rings (SSSR count). The van der Waals surface area contributed by atoms with E-state index in [0.717, 1.165) is 61.4 Å². The van der Waals surface area contributed by atoms with E-state index in [0.29, 0.717) is 23.0 Å². The van der Waals surface area contributed by atoms with Crippen molar-refractivity contribution in [3.63, 3.8) is 0 Å². The molecule has 160 valence electrons. The van der Waals surface area contributed by atoms with Crippen LogP contribution in [0, 0.1) is 17.6 Å². The van der Waals surface area contributed by atoms with Crippen molar-refractivity contribution < 1.29 is 13.6 Å². The number of amides is 1. The van der Waals surface area contributed by atoms with Crippen LogP contribution in [0.15, 0.2) is 42.5 Å². The molecule has 2 heterocycles. The van der Waals surface area contributed by atoms with Gasteiger partial charge in [0, 0.05) is 41.8 Å². The molecule has 1 saturated heterocycles. The number of benzene rings is 2. The fourth-order valence-corrected chi connectivity index (χ4v) is 4.57. The average Bonchev–Trinajstić information content (AvgIpc) is 3.47. The van der Waals surface area contributed by atoms with E-state index in [1.54, 1.807) is 4.68 Å². The summed E-state index contributed by atoms with van der Waals surface area (Å²) in [6.45, 7) is 4.37. The summed E-state index contributed by atoms with van der Waals surface area (Å²) in [6.07, 6.45) is 3.59. The zero-order valence-corrected chi connectivity index (χ0v) is 17.4. The first kappa shape index (κ1) is 19.7. The van der Waals surface area contributed by atoms with Crippen LogP contribution in [-0.2, 0) is 12.8 Å². The number of nitrogens with one attached hydrogen (secondary N) is 1. The molecular formula is C24H24F2N4O. The quantitative estimate of drug-likeness (QED) is 0.661. The van der Waals surface area contributed by atoms with E-state index >= 15 is 0 Å². The van der Waals surface area contributed by atoms with Crippen LogP contribution in [0.4, 0.5) is 20.2 Å². The first-order valence-electron chi connectivity index (χ1n) is 10.7. The highest BCUT2D eigenvalue weighted by molar-refractivity contribution is 6.04. The standard InChI is InChI=1S/C24H24F2N4O/c1-15-11-12-29(14-15)17-7-5-16(6-8-17)27-24(31)23-19-3-2-4-22(19)30(28-23)18-9-10-20(25)21(26)13-18/h5-10,13,15H,2-4,11-12,14H2,1H3,(H,27,31). The maximum Gasteiger partial charge on any atom is 0.276 e. The zero-order valence-electron chi connectivity index (χ0n) is 17.4. The average molecular weight is 422 g/mol. The van der Waals surface area contributed by atoms with E-state index in [9.17, 15) is 13.6 Å². The highest BCUT2D eigenvalue weighted by Crippen LogP contribution is 2.29. The Kier molecular flexibility index (Phi) is 4.96. The number of carbonyl (C=O) groups is 1. The Labute approximate surface area is 179 Å². The lowest BCUT2D eigenvalue weighted by molar-refractivity contribution is 0.102. The molecule has 2 aromatic carbocycles. The van der Waals surface area contributed by atoms with Crippen LogP contribution in [0.25, 0.3) is 5.69 Å². The third kappa shape index (κ3) is 3.69. The molecule has 0 radical (unpaired) electrons. The lowest BCUT2D eigenvalue weighted by Gasteiger charge is -2.18. The van der Waals surface area contributed by atoms with Crippen molar-refractivity contribution in [1.82, 2.24) is 9.78 Å². The largest absolute Gasteiger partial charge is 0.371 e. The maximum absolute atomic E-state index is 13.7. The molecule has 1 aliphatic heterocycles. The molecule has 0 spiro atoms. The Hall–Kier alpha value is -3.22. The number of anilines is 2. The van der Waals surface area contributed by atoms with Gasteiger partial charge in [0.25, 0.3) is 5.91 Å². The summed E-state index contributed by atoms with van der Waals surface area (Å²) in [5.41, 5.74) is 4.38. The van der Waals surface area contributed by atoms with E-state index in [1.165, 1.54) is 12.5 Å². The first-order valence-corrected chi connectivity index (χ1v) is 10.7. The normalized spacial score (nSPS) is 17.8. The van der Waals surface area contributed by atoms with Crippen LogP contribution in [-0.4, -0.2) is 28.8 Å². The topological polar surface area (TPSA) is 50.2 Å². The second-order valence-corrected chi connectivity index (χ2v) is 8.48. The van der Waals surface area contributed by atoms with Crippen molar-refractivity contribution >= 4 is 17.3 Å². The van der Waals surface area contributed by atoms with E-state index in [1.807, 2.05) is 24.3 Å². The molecular weight excluding hydrogens is 398 g/mol. The molecule has 1 N–H and O–H groups in total. The van der Waals surface area contributed by atoms with E-state index in [4.69, 9.17) is 0 Å². The summed E-state index contributed by atoms with van der Waals surface area (Å²) < 4.78 is 28.6. The van der Waals surface area contributed by atoms with Gasteiger partial charge >= 0.3 is 0 Å². The van der Waals surface area contributed by atoms with Crippen molar-refractivity contribution in [1.29, 1.82) is 0 Å². The second kappa shape index (κ2) is 7.80. The monoisotopic (exact) mass is 422 g/mol. The van der Waals surface area contributed by atoms with Gasteiger partial charge in [0.1, 0.15) is 0 Å². The minimum Gasteiger partial charge on any atom is -0.371 e. The second-order valence-electron chi connectivity index (χ2n) is 8.48. The molecule has 31 heavy (non-hydrogen) atoms. The number of rotatable bonds is 4. The molecule has 3 aromatic rings. The minimum atomic E-state index is -0.932. The van der Waals surface area contributed by atoms with Crippen LogP contribution in [0.3, 0.4) is 0 Å². The number of aromatic nitrogens is 2. The Morgan fingerprint density at radius 1 is 1.06 bits per heavy atom. The van der Waals surface area contributed by atoms with Gasteiger partial charge in [0.2, 0.25) is 0 Å². The number of nitrogens with zero attached hydrogens (tertiary/aromatic N) is 3. The van der Waals surface area contributed by atoms with Crippen molar-refractivity contribution in [2.45, 2.75) is 32.6 Å².